The Labute approximate surface area is 141 Å². The summed E-state index contributed by atoms with van der Waals surface area (Å²) in [6, 6.07) is 11.6. The molecule has 3 aromatic rings. The maximum absolute atomic E-state index is 12.9. The summed E-state index contributed by atoms with van der Waals surface area (Å²) in [7, 11) is 1.57. The van der Waals surface area contributed by atoms with E-state index < -0.39 is 0 Å². The molecule has 0 bridgehead atoms. The molecular weight excluding hydrogens is 326 g/mol. The summed E-state index contributed by atoms with van der Waals surface area (Å²) in [5, 5.41) is 9.95. The molecule has 118 valence electrons. The third-order valence-electron chi connectivity index (χ3n) is 4.00. The van der Waals surface area contributed by atoms with E-state index in [1.54, 1.807) is 43.5 Å². The molecule has 1 aliphatic carbocycles. The number of nitrogens with zero attached hydrogens (tertiary/aromatic N) is 1. The fraction of sp³-hybridized carbons (Fsp3) is 0.0556. The smallest absolute Gasteiger partial charge is 0.209 e. The summed E-state index contributed by atoms with van der Waals surface area (Å²) in [6.07, 6.45) is 0. The van der Waals surface area contributed by atoms with Crippen LogP contribution in [0.5, 0.6) is 11.5 Å². The Kier molecular flexibility index (Phi) is 3.21. The largest absolute Gasteiger partial charge is 0.507 e. The van der Waals surface area contributed by atoms with Crippen LogP contribution >= 0.6 is 11.5 Å². The maximum atomic E-state index is 12.9. The van der Waals surface area contributed by atoms with Crippen LogP contribution in [0.3, 0.4) is 0 Å². The van der Waals surface area contributed by atoms with Crippen LogP contribution in [0.25, 0.3) is 11.3 Å². The summed E-state index contributed by atoms with van der Waals surface area (Å²) in [4.78, 5) is 25.8. The van der Waals surface area contributed by atoms with E-state index in [1.165, 1.54) is 6.07 Å². The number of aromatic hydroxyl groups is 1. The van der Waals surface area contributed by atoms with Crippen LogP contribution in [0, 0.1) is 0 Å². The first kappa shape index (κ1) is 14.6. The van der Waals surface area contributed by atoms with Crippen molar-refractivity contribution in [3.63, 3.8) is 0 Å². The quantitative estimate of drug-likeness (QED) is 0.607. The molecule has 6 heteroatoms. The summed E-state index contributed by atoms with van der Waals surface area (Å²) in [5.74, 6) is -0.151. The molecule has 0 radical (unpaired) electrons. The number of ether oxygens (including phenoxy) is 1. The van der Waals surface area contributed by atoms with Crippen molar-refractivity contribution in [2.75, 3.05) is 7.11 Å². The number of benzene rings is 2. The molecular formula is C18H11NO4S. The Balaban J connectivity index is 1.90. The minimum absolute atomic E-state index is 0.0555. The molecule has 5 nitrogen and oxygen atoms in total. The van der Waals surface area contributed by atoms with E-state index >= 15 is 0 Å². The van der Waals surface area contributed by atoms with Crippen molar-refractivity contribution in [2.24, 2.45) is 0 Å². The summed E-state index contributed by atoms with van der Waals surface area (Å²) in [6.45, 7) is 0. The number of hydrogen-bond donors (Lipinski definition) is 1. The van der Waals surface area contributed by atoms with Crippen LogP contribution in [-0.2, 0) is 0 Å². The second-order valence-corrected chi connectivity index (χ2v) is 6.10. The highest BCUT2D eigenvalue weighted by Crippen LogP contribution is 2.39. The number of phenolic OH excluding ortho intramolecular Hbond substituents is 1. The van der Waals surface area contributed by atoms with Gasteiger partial charge in [-0.15, -0.1) is 0 Å². The molecule has 0 atom stereocenters. The van der Waals surface area contributed by atoms with Crippen LogP contribution in [0.15, 0.2) is 42.5 Å². The number of hydrogen-bond acceptors (Lipinski definition) is 6. The Morgan fingerprint density at radius 1 is 1.00 bits per heavy atom. The van der Waals surface area contributed by atoms with Crippen LogP contribution in [0.1, 0.15) is 31.2 Å². The minimum Gasteiger partial charge on any atom is -0.507 e. The van der Waals surface area contributed by atoms with Crippen LogP contribution in [0.4, 0.5) is 0 Å². The molecule has 1 aliphatic rings. The lowest BCUT2D eigenvalue weighted by Gasteiger charge is -2.15. The van der Waals surface area contributed by atoms with Gasteiger partial charge < -0.3 is 9.84 Å². The monoisotopic (exact) mass is 337 g/mol. The summed E-state index contributed by atoms with van der Waals surface area (Å²) < 4.78 is 9.45. The molecule has 4 rings (SSSR count). The molecule has 2 aromatic carbocycles. The Hall–Kier alpha value is -2.99. The van der Waals surface area contributed by atoms with Gasteiger partial charge in [0.2, 0.25) is 5.78 Å². The molecule has 0 aliphatic heterocycles. The molecule has 0 saturated carbocycles. The van der Waals surface area contributed by atoms with E-state index in [1.807, 2.05) is 0 Å². The van der Waals surface area contributed by atoms with Crippen LogP contribution in [-0.4, -0.2) is 28.2 Å². The number of rotatable bonds is 2. The number of ketones is 2. The van der Waals surface area contributed by atoms with Gasteiger partial charge in [-0.25, -0.2) is 0 Å². The SMILES string of the molecule is COc1ccc(-c2nsc3c2C(=O)c2cccc(O)c2C3=O)cc1. The normalized spacial score (nSPS) is 12.7. The van der Waals surface area contributed by atoms with Gasteiger partial charge in [-0.1, -0.05) is 12.1 Å². The van der Waals surface area contributed by atoms with Crippen molar-refractivity contribution >= 4 is 23.1 Å². The molecule has 0 fully saturated rings. The highest BCUT2D eigenvalue weighted by Gasteiger charge is 2.36. The second kappa shape index (κ2) is 5.28. The zero-order valence-corrected chi connectivity index (χ0v) is 13.4. The zero-order chi connectivity index (χ0) is 16.8. The van der Waals surface area contributed by atoms with Gasteiger partial charge in [-0.3, -0.25) is 9.59 Å². The molecule has 1 N–H and O–H groups in total. The predicted molar refractivity (Wildman–Crippen MR) is 89.1 cm³/mol. The maximum Gasteiger partial charge on any atom is 0.209 e. The lowest BCUT2D eigenvalue weighted by atomic mass is 9.86. The fourth-order valence-corrected chi connectivity index (χ4v) is 3.66. The molecule has 1 aromatic heterocycles. The lowest BCUT2D eigenvalue weighted by Crippen LogP contribution is -2.19. The topological polar surface area (TPSA) is 76.5 Å². The number of aromatic nitrogens is 1. The van der Waals surface area contributed by atoms with E-state index in [-0.39, 0.29) is 33.3 Å². The van der Waals surface area contributed by atoms with Gasteiger partial charge in [0, 0.05) is 11.1 Å². The average Bonchev–Trinajstić information content (AvgIpc) is 3.05. The molecule has 0 amide bonds. The van der Waals surface area contributed by atoms with E-state index in [0.29, 0.717) is 17.0 Å². The highest BCUT2D eigenvalue weighted by molar-refractivity contribution is 7.09. The Bertz CT molecular complexity index is 989. The van der Waals surface area contributed by atoms with Gasteiger partial charge in [-0.05, 0) is 41.9 Å². The standard InChI is InChI=1S/C18H11NO4S/c1-23-10-7-5-9(6-8-10)15-14-16(21)11-3-2-4-12(20)13(11)17(22)18(14)24-19-15/h2-8,20H,1H3. The molecule has 0 spiro atoms. The van der Waals surface area contributed by atoms with E-state index in [0.717, 1.165) is 17.1 Å². The third kappa shape index (κ3) is 1.97. The van der Waals surface area contributed by atoms with Crippen molar-refractivity contribution in [3.05, 3.63) is 64.0 Å². The number of methoxy groups -OCH3 is 1. The number of carbonyl (C=O) groups is 2. The predicted octanol–water partition coefficient (Wildman–Crippen LogP) is 3.30. The Morgan fingerprint density at radius 2 is 1.75 bits per heavy atom. The molecule has 24 heavy (non-hydrogen) atoms. The number of carbonyl (C=O) groups excluding carboxylic acids is 2. The number of fused-ring (bicyclic) bond motifs is 2. The highest BCUT2D eigenvalue weighted by atomic mass is 32.1. The van der Waals surface area contributed by atoms with E-state index in [2.05, 4.69) is 4.37 Å². The second-order valence-electron chi connectivity index (χ2n) is 5.32. The Morgan fingerprint density at radius 3 is 2.46 bits per heavy atom. The van der Waals surface area contributed by atoms with Gasteiger partial charge in [0.15, 0.2) is 5.78 Å². The van der Waals surface area contributed by atoms with Gasteiger partial charge in [0.1, 0.15) is 16.4 Å². The van der Waals surface area contributed by atoms with Crippen molar-refractivity contribution in [3.8, 4) is 22.8 Å². The first-order chi connectivity index (χ1) is 11.6. The van der Waals surface area contributed by atoms with Gasteiger partial charge in [0.05, 0.1) is 23.9 Å². The van der Waals surface area contributed by atoms with Crippen molar-refractivity contribution in [1.82, 2.24) is 4.37 Å². The van der Waals surface area contributed by atoms with Gasteiger partial charge in [0.25, 0.3) is 0 Å². The number of phenols is 1. The molecule has 1 heterocycles. The van der Waals surface area contributed by atoms with Crippen molar-refractivity contribution in [2.45, 2.75) is 0 Å². The van der Waals surface area contributed by atoms with E-state index in [4.69, 9.17) is 4.74 Å². The van der Waals surface area contributed by atoms with Gasteiger partial charge >= 0.3 is 0 Å². The van der Waals surface area contributed by atoms with Crippen LogP contribution in [0.2, 0.25) is 0 Å². The summed E-state index contributed by atoms with van der Waals surface area (Å²) >= 11 is 0.978. The first-order valence-corrected chi connectivity index (χ1v) is 7.94. The van der Waals surface area contributed by atoms with Crippen LogP contribution < -0.4 is 4.74 Å². The average molecular weight is 337 g/mol. The first-order valence-electron chi connectivity index (χ1n) is 7.17. The molecule has 0 unspecified atom stereocenters. The summed E-state index contributed by atoms with van der Waals surface area (Å²) in [5.41, 5.74) is 1.78. The van der Waals surface area contributed by atoms with E-state index in [9.17, 15) is 14.7 Å². The van der Waals surface area contributed by atoms with Crippen molar-refractivity contribution < 1.29 is 19.4 Å². The zero-order valence-electron chi connectivity index (χ0n) is 12.6. The minimum atomic E-state index is -0.366. The third-order valence-corrected chi connectivity index (χ3v) is 4.85. The fourth-order valence-electron chi connectivity index (χ4n) is 2.82. The van der Waals surface area contributed by atoms with Gasteiger partial charge in [-0.2, -0.15) is 4.37 Å². The van der Waals surface area contributed by atoms with Crippen molar-refractivity contribution in [1.29, 1.82) is 0 Å². The lowest BCUT2D eigenvalue weighted by molar-refractivity contribution is 0.0980. The molecule has 0 saturated heterocycles.